The van der Waals surface area contributed by atoms with Gasteiger partial charge in [0.15, 0.2) is 0 Å². The van der Waals surface area contributed by atoms with Crippen molar-refractivity contribution in [2.45, 2.75) is 6.43 Å². The van der Waals surface area contributed by atoms with Crippen LogP contribution in [0.1, 0.15) is 22.3 Å². The summed E-state index contributed by atoms with van der Waals surface area (Å²) in [5.41, 5.74) is 4.21. The van der Waals surface area contributed by atoms with Gasteiger partial charge in [0, 0.05) is 6.20 Å². The van der Waals surface area contributed by atoms with Gasteiger partial charge in [0.05, 0.1) is 14.7 Å². The predicted molar refractivity (Wildman–Crippen MR) is 53.3 cm³/mol. The molecule has 0 bridgehead atoms. The van der Waals surface area contributed by atoms with E-state index in [0.717, 1.165) is 6.20 Å². The van der Waals surface area contributed by atoms with Crippen molar-refractivity contribution in [1.82, 2.24) is 4.98 Å². The minimum Gasteiger partial charge on any atom is -0.478 e. The number of carboxylic acids is 1. The van der Waals surface area contributed by atoms with Crippen LogP contribution >= 0.6 is 22.6 Å². The van der Waals surface area contributed by atoms with E-state index in [1.165, 1.54) is 0 Å². The molecule has 14 heavy (non-hydrogen) atoms. The standard InChI is InChI=1S/C7H5F2IN2O2/c8-5(9)2-1-12-6(11)4(10)3(2)7(13)14/h1,5H,(H2,11,12)(H,13,14). The summed E-state index contributed by atoms with van der Waals surface area (Å²) in [5, 5.41) is 8.70. The van der Waals surface area contributed by atoms with Crippen molar-refractivity contribution in [3.8, 4) is 0 Å². The van der Waals surface area contributed by atoms with Crippen molar-refractivity contribution >= 4 is 34.4 Å². The van der Waals surface area contributed by atoms with E-state index in [4.69, 9.17) is 10.8 Å². The molecule has 4 nitrogen and oxygen atoms in total. The van der Waals surface area contributed by atoms with Gasteiger partial charge in [0.1, 0.15) is 5.82 Å². The first-order chi connectivity index (χ1) is 6.45. The maximum absolute atomic E-state index is 12.4. The average molecular weight is 314 g/mol. The van der Waals surface area contributed by atoms with Crippen LogP contribution in [-0.2, 0) is 0 Å². The quantitative estimate of drug-likeness (QED) is 0.818. The number of carbonyl (C=O) groups is 1. The van der Waals surface area contributed by atoms with Gasteiger partial charge in [0.2, 0.25) is 0 Å². The van der Waals surface area contributed by atoms with E-state index in [1.807, 2.05) is 0 Å². The third kappa shape index (κ3) is 1.91. The fourth-order valence-electron chi connectivity index (χ4n) is 0.898. The van der Waals surface area contributed by atoms with E-state index in [-0.39, 0.29) is 9.39 Å². The molecular formula is C7H5F2IN2O2. The van der Waals surface area contributed by atoms with Gasteiger partial charge >= 0.3 is 5.97 Å². The average Bonchev–Trinajstić information content (AvgIpc) is 2.08. The number of alkyl halides is 2. The van der Waals surface area contributed by atoms with Crippen molar-refractivity contribution in [3.05, 3.63) is 20.9 Å². The fraction of sp³-hybridized carbons (Fsp3) is 0.143. The zero-order valence-electron chi connectivity index (χ0n) is 6.67. The molecule has 3 N–H and O–H groups in total. The minimum atomic E-state index is -2.87. The summed E-state index contributed by atoms with van der Waals surface area (Å²) in [5.74, 6) is -1.49. The SMILES string of the molecule is Nc1ncc(C(F)F)c(C(=O)O)c1I. The highest BCUT2D eigenvalue weighted by Crippen LogP contribution is 2.28. The van der Waals surface area contributed by atoms with Gasteiger partial charge in [-0.25, -0.2) is 18.6 Å². The van der Waals surface area contributed by atoms with E-state index in [9.17, 15) is 13.6 Å². The summed E-state index contributed by atoms with van der Waals surface area (Å²) < 4.78 is 24.7. The lowest BCUT2D eigenvalue weighted by molar-refractivity contribution is 0.0683. The molecule has 0 amide bonds. The molecule has 1 aromatic rings. The van der Waals surface area contributed by atoms with Crippen molar-refractivity contribution < 1.29 is 18.7 Å². The van der Waals surface area contributed by atoms with Crippen LogP contribution < -0.4 is 5.73 Å². The molecule has 1 aromatic heterocycles. The molecule has 1 heterocycles. The van der Waals surface area contributed by atoms with Crippen LogP contribution in [0.5, 0.6) is 0 Å². The lowest BCUT2D eigenvalue weighted by atomic mass is 10.1. The molecule has 0 aromatic carbocycles. The molecule has 0 atom stereocenters. The molecule has 0 fully saturated rings. The van der Waals surface area contributed by atoms with Crippen molar-refractivity contribution in [3.63, 3.8) is 0 Å². The number of carboxylic acid groups (broad SMARTS) is 1. The third-order valence-corrected chi connectivity index (χ3v) is 2.62. The lowest BCUT2D eigenvalue weighted by Crippen LogP contribution is -2.09. The summed E-state index contributed by atoms with van der Waals surface area (Å²) in [6, 6.07) is 0. The highest BCUT2D eigenvalue weighted by atomic mass is 127. The first-order valence-corrected chi connectivity index (χ1v) is 4.48. The normalized spacial score (nSPS) is 10.6. The number of aromatic carboxylic acids is 1. The van der Waals surface area contributed by atoms with Crippen LogP contribution in [0.4, 0.5) is 14.6 Å². The van der Waals surface area contributed by atoms with Gasteiger partial charge in [-0.3, -0.25) is 0 Å². The maximum atomic E-state index is 12.4. The second kappa shape index (κ2) is 4.03. The topological polar surface area (TPSA) is 76.2 Å². The van der Waals surface area contributed by atoms with Crippen molar-refractivity contribution in [2.24, 2.45) is 0 Å². The Morgan fingerprint density at radius 1 is 1.64 bits per heavy atom. The molecule has 0 aliphatic heterocycles. The molecule has 0 aliphatic rings. The minimum absolute atomic E-state index is 0.0351. The molecule has 0 spiro atoms. The van der Waals surface area contributed by atoms with Crippen LogP contribution in [-0.4, -0.2) is 16.1 Å². The smallest absolute Gasteiger partial charge is 0.337 e. The Bertz CT molecular complexity index is 384. The maximum Gasteiger partial charge on any atom is 0.337 e. The second-order valence-corrected chi connectivity index (χ2v) is 3.47. The number of halogens is 3. The van der Waals surface area contributed by atoms with Crippen LogP contribution in [0.3, 0.4) is 0 Å². The molecule has 76 valence electrons. The van der Waals surface area contributed by atoms with E-state index >= 15 is 0 Å². The number of rotatable bonds is 2. The zero-order chi connectivity index (χ0) is 10.9. The molecule has 0 unspecified atom stereocenters. The van der Waals surface area contributed by atoms with Crippen LogP contribution in [0.2, 0.25) is 0 Å². The molecule has 0 saturated heterocycles. The van der Waals surface area contributed by atoms with Gasteiger partial charge in [-0.1, -0.05) is 0 Å². The number of aromatic nitrogens is 1. The summed E-state index contributed by atoms with van der Waals surface area (Å²) in [6.45, 7) is 0. The van der Waals surface area contributed by atoms with E-state index in [1.54, 1.807) is 22.6 Å². The van der Waals surface area contributed by atoms with Crippen LogP contribution in [0.15, 0.2) is 6.20 Å². The van der Waals surface area contributed by atoms with Gasteiger partial charge in [-0.05, 0) is 22.6 Å². The fourth-order valence-corrected chi connectivity index (χ4v) is 1.58. The summed E-state index contributed by atoms with van der Waals surface area (Å²) in [6.07, 6.45) is -2.09. The zero-order valence-corrected chi connectivity index (χ0v) is 8.83. The second-order valence-electron chi connectivity index (χ2n) is 2.39. The Morgan fingerprint density at radius 2 is 2.21 bits per heavy atom. The Hall–Kier alpha value is -0.990. The number of nitrogens with two attached hydrogens (primary N) is 1. The van der Waals surface area contributed by atoms with Crippen LogP contribution in [0.25, 0.3) is 0 Å². The molecule has 0 radical (unpaired) electrons. The van der Waals surface area contributed by atoms with Crippen LogP contribution in [0, 0.1) is 3.57 Å². The molecule has 7 heteroatoms. The van der Waals surface area contributed by atoms with Gasteiger partial charge in [-0.15, -0.1) is 0 Å². The third-order valence-electron chi connectivity index (χ3n) is 1.52. The number of anilines is 1. The molecule has 0 aliphatic carbocycles. The Morgan fingerprint density at radius 3 is 2.64 bits per heavy atom. The van der Waals surface area contributed by atoms with Gasteiger partial charge in [-0.2, -0.15) is 0 Å². The van der Waals surface area contributed by atoms with E-state index in [2.05, 4.69) is 4.98 Å². The van der Waals surface area contributed by atoms with E-state index in [0.29, 0.717) is 0 Å². The van der Waals surface area contributed by atoms with Gasteiger partial charge in [0.25, 0.3) is 6.43 Å². The first kappa shape index (κ1) is 11.1. The van der Waals surface area contributed by atoms with E-state index < -0.39 is 23.5 Å². The lowest BCUT2D eigenvalue weighted by Gasteiger charge is -2.07. The Balaban J connectivity index is 3.45. The van der Waals surface area contributed by atoms with Crippen molar-refractivity contribution in [1.29, 1.82) is 0 Å². The summed E-state index contributed by atoms with van der Waals surface area (Å²) in [4.78, 5) is 14.1. The number of pyridine rings is 1. The largest absolute Gasteiger partial charge is 0.478 e. The number of nitrogens with zero attached hydrogens (tertiary/aromatic N) is 1. The number of hydrogen-bond donors (Lipinski definition) is 2. The predicted octanol–water partition coefficient (Wildman–Crippen LogP) is 1.90. The highest BCUT2D eigenvalue weighted by molar-refractivity contribution is 14.1. The summed E-state index contributed by atoms with van der Waals surface area (Å²) in [7, 11) is 0. The molecular weight excluding hydrogens is 309 g/mol. The van der Waals surface area contributed by atoms with Crippen molar-refractivity contribution in [2.75, 3.05) is 5.73 Å². The molecule has 0 saturated carbocycles. The number of nitrogen functional groups attached to an aromatic ring is 1. The van der Waals surface area contributed by atoms with Gasteiger partial charge < -0.3 is 10.8 Å². The highest BCUT2D eigenvalue weighted by Gasteiger charge is 2.22. The first-order valence-electron chi connectivity index (χ1n) is 3.40. The Kier molecular flexibility index (Phi) is 3.19. The summed E-state index contributed by atoms with van der Waals surface area (Å²) >= 11 is 1.58. The molecule has 1 rings (SSSR count). The Labute approximate surface area is 91.3 Å². The monoisotopic (exact) mass is 314 g/mol. The number of hydrogen-bond acceptors (Lipinski definition) is 3.